The molecule has 4 heteroatoms. The summed E-state index contributed by atoms with van der Waals surface area (Å²) in [5, 5.41) is 3.62. The van der Waals surface area contributed by atoms with Crippen molar-refractivity contribution in [2.24, 2.45) is 5.92 Å². The first-order valence-corrected chi connectivity index (χ1v) is 6.87. The first-order valence-electron chi connectivity index (χ1n) is 6.49. The van der Waals surface area contributed by atoms with Gasteiger partial charge in [-0.05, 0) is 36.6 Å². The van der Waals surface area contributed by atoms with Crippen molar-refractivity contribution in [3.63, 3.8) is 0 Å². The van der Waals surface area contributed by atoms with Crippen LogP contribution in [-0.2, 0) is 0 Å². The van der Waals surface area contributed by atoms with Gasteiger partial charge in [0.15, 0.2) is 11.6 Å². The molecule has 1 fully saturated rings. The summed E-state index contributed by atoms with van der Waals surface area (Å²) in [7, 11) is 0. The minimum absolute atomic E-state index is 0.0166. The van der Waals surface area contributed by atoms with E-state index in [4.69, 9.17) is 11.6 Å². The first kappa shape index (κ1) is 13.8. The average Bonchev–Trinajstić information content (AvgIpc) is 2.27. The molecular formula is C14H18ClF2N. The monoisotopic (exact) mass is 273 g/mol. The van der Waals surface area contributed by atoms with E-state index >= 15 is 0 Å². The van der Waals surface area contributed by atoms with Crippen LogP contribution in [0.3, 0.4) is 0 Å². The van der Waals surface area contributed by atoms with Gasteiger partial charge in [-0.2, -0.15) is 0 Å². The van der Waals surface area contributed by atoms with E-state index in [0.29, 0.717) is 16.5 Å². The number of rotatable bonds is 5. The molecule has 1 saturated carbocycles. The molecule has 2 rings (SSSR count). The van der Waals surface area contributed by atoms with Gasteiger partial charge in [0.1, 0.15) is 0 Å². The maximum atomic E-state index is 13.3. The molecule has 100 valence electrons. The Hall–Kier alpha value is -0.670. The van der Waals surface area contributed by atoms with Crippen LogP contribution in [0.25, 0.3) is 0 Å². The van der Waals surface area contributed by atoms with Gasteiger partial charge in [0.05, 0.1) is 0 Å². The van der Waals surface area contributed by atoms with Crippen LogP contribution in [-0.4, -0.2) is 6.54 Å². The van der Waals surface area contributed by atoms with Gasteiger partial charge in [0.2, 0.25) is 0 Å². The Morgan fingerprint density at radius 3 is 2.56 bits per heavy atom. The molecule has 0 saturated heterocycles. The van der Waals surface area contributed by atoms with Gasteiger partial charge in [-0.1, -0.05) is 37.8 Å². The SMILES string of the molecule is CCNC(CC1CCC1)c1cc(F)c(F)cc1Cl. The highest BCUT2D eigenvalue weighted by atomic mass is 35.5. The van der Waals surface area contributed by atoms with Crippen molar-refractivity contribution in [2.75, 3.05) is 6.54 Å². The molecule has 1 N–H and O–H groups in total. The van der Waals surface area contributed by atoms with Crippen LogP contribution >= 0.6 is 11.6 Å². The van der Waals surface area contributed by atoms with E-state index in [1.165, 1.54) is 25.3 Å². The Morgan fingerprint density at radius 2 is 2.00 bits per heavy atom. The third-order valence-corrected chi connectivity index (χ3v) is 3.99. The van der Waals surface area contributed by atoms with Crippen molar-refractivity contribution in [3.8, 4) is 0 Å². The van der Waals surface area contributed by atoms with Crippen molar-refractivity contribution in [2.45, 2.75) is 38.6 Å². The number of halogens is 3. The zero-order chi connectivity index (χ0) is 13.1. The Kier molecular flexibility index (Phi) is 4.57. The fourth-order valence-corrected chi connectivity index (χ4v) is 2.72. The average molecular weight is 274 g/mol. The van der Waals surface area contributed by atoms with Gasteiger partial charge < -0.3 is 5.32 Å². The lowest BCUT2D eigenvalue weighted by Crippen LogP contribution is -2.26. The van der Waals surface area contributed by atoms with Crippen LogP contribution in [0.5, 0.6) is 0 Å². The van der Waals surface area contributed by atoms with E-state index in [9.17, 15) is 8.78 Å². The van der Waals surface area contributed by atoms with Crippen molar-refractivity contribution < 1.29 is 8.78 Å². The van der Waals surface area contributed by atoms with Crippen LogP contribution in [0.2, 0.25) is 5.02 Å². The Labute approximate surface area is 112 Å². The van der Waals surface area contributed by atoms with Crippen LogP contribution in [0.4, 0.5) is 8.78 Å². The van der Waals surface area contributed by atoms with E-state index in [1.54, 1.807) is 0 Å². The number of hydrogen-bond donors (Lipinski definition) is 1. The van der Waals surface area contributed by atoms with Crippen LogP contribution in [0.15, 0.2) is 12.1 Å². The molecular weight excluding hydrogens is 256 g/mol. The van der Waals surface area contributed by atoms with E-state index in [1.807, 2.05) is 6.92 Å². The van der Waals surface area contributed by atoms with Gasteiger partial charge >= 0.3 is 0 Å². The van der Waals surface area contributed by atoms with Crippen molar-refractivity contribution >= 4 is 11.6 Å². The molecule has 1 aromatic carbocycles. The zero-order valence-electron chi connectivity index (χ0n) is 10.5. The molecule has 1 aliphatic rings. The van der Waals surface area contributed by atoms with Crippen LogP contribution < -0.4 is 5.32 Å². The normalized spacial score (nSPS) is 17.6. The molecule has 0 radical (unpaired) electrons. The highest BCUT2D eigenvalue weighted by Gasteiger charge is 2.24. The topological polar surface area (TPSA) is 12.0 Å². The number of nitrogens with one attached hydrogen (secondary N) is 1. The summed E-state index contributed by atoms with van der Waals surface area (Å²) in [5.74, 6) is -1.04. The number of benzene rings is 1. The summed E-state index contributed by atoms with van der Waals surface area (Å²) >= 11 is 6.03. The highest BCUT2D eigenvalue weighted by molar-refractivity contribution is 6.31. The minimum Gasteiger partial charge on any atom is -0.310 e. The fraction of sp³-hybridized carbons (Fsp3) is 0.571. The maximum absolute atomic E-state index is 13.3. The lowest BCUT2D eigenvalue weighted by Gasteiger charge is -2.30. The molecule has 0 bridgehead atoms. The quantitative estimate of drug-likeness (QED) is 0.781. The Balaban J connectivity index is 2.20. The second kappa shape index (κ2) is 5.98. The fourth-order valence-electron chi connectivity index (χ4n) is 2.43. The summed E-state index contributed by atoms with van der Waals surface area (Å²) in [6.07, 6.45) is 4.67. The summed E-state index contributed by atoms with van der Waals surface area (Å²) < 4.78 is 26.4. The second-order valence-corrected chi connectivity index (χ2v) is 5.34. The molecule has 1 aromatic rings. The highest BCUT2D eigenvalue weighted by Crippen LogP contribution is 2.37. The molecule has 1 atom stereocenters. The third-order valence-electron chi connectivity index (χ3n) is 3.66. The minimum atomic E-state index is -0.886. The Morgan fingerprint density at radius 1 is 1.33 bits per heavy atom. The first-order chi connectivity index (χ1) is 8.61. The van der Waals surface area contributed by atoms with Gasteiger partial charge in [-0.3, -0.25) is 0 Å². The largest absolute Gasteiger partial charge is 0.310 e. The van der Waals surface area contributed by atoms with Gasteiger partial charge in [0.25, 0.3) is 0 Å². The molecule has 1 nitrogen and oxygen atoms in total. The number of hydrogen-bond acceptors (Lipinski definition) is 1. The van der Waals surface area contributed by atoms with E-state index < -0.39 is 11.6 Å². The maximum Gasteiger partial charge on any atom is 0.160 e. The van der Waals surface area contributed by atoms with Crippen molar-refractivity contribution in [3.05, 3.63) is 34.4 Å². The summed E-state index contributed by atoms with van der Waals surface area (Å²) in [6.45, 7) is 2.79. The molecule has 1 unspecified atom stereocenters. The van der Waals surface area contributed by atoms with Gasteiger partial charge in [0, 0.05) is 11.1 Å². The molecule has 0 aliphatic heterocycles. The van der Waals surface area contributed by atoms with E-state index in [0.717, 1.165) is 19.0 Å². The molecule has 0 aromatic heterocycles. The molecule has 0 spiro atoms. The third kappa shape index (κ3) is 3.01. The predicted octanol–water partition coefficient (Wildman–Crippen LogP) is 4.46. The lowest BCUT2D eigenvalue weighted by molar-refractivity contribution is 0.262. The standard InChI is InChI=1S/C14H18ClF2N/c1-2-18-14(6-9-4-3-5-9)10-7-12(16)13(17)8-11(10)15/h7-9,14,18H,2-6H2,1H3. The van der Waals surface area contributed by atoms with Crippen LogP contribution in [0, 0.1) is 17.6 Å². The zero-order valence-corrected chi connectivity index (χ0v) is 11.2. The van der Waals surface area contributed by atoms with Crippen molar-refractivity contribution in [1.82, 2.24) is 5.32 Å². The van der Waals surface area contributed by atoms with Gasteiger partial charge in [-0.25, -0.2) is 8.78 Å². The molecule has 0 amide bonds. The summed E-state index contributed by atoms with van der Waals surface area (Å²) in [5.41, 5.74) is 0.671. The second-order valence-electron chi connectivity index (χ2n) is 4.93. The molecule has 1 aliphatic carbocycles. The lowest BCUT2D eigenvalue weighted by atomic mass is 9.79. The van der Waals surface area contributed by atoms with E-state index in [2.05, 4.69) is 5.32 Å². The molecule has 0 heterocycles. The van der Waals surface area contributed by atoms with Crippen molar-refractivity contribution in [1.29, 1.82) is 0 Å². The predicted molar refractivity (Wildman–Crippen MR) is 69.7 cm³/mol. The van der Waals surface area contributed by atoms with Crippen LogP contribution in [0.1, 0.15) is 44.2 Å². The van der Waals surface area contributed by atoms with E-state index in [-0.39, 0.29) is 6.04 Å². The van der Waals surface area contributed by atoms with Gasteiger partial charge in [-0.15, -0.1) is 0 Å². The summed E-state index contributed by atoms with van der Waals surface area (Å²) in [6, 6.07) is 2.31. The smallest absolute Gasteiger partial charge is 0.160 e. The summed E-state index contributed by atoms with van der Waals surface area (Å²) in [4.78, 5) is 0. The molecule has 18 heavy (non-hydrogen) atoms. The Bertz CT molecular complexity index is 419.